The Kier molecular flexibility index (Phi) is 4.24. The van der Waals surface area contributed by atoms with Crippen LogP contribution in [0.25, 0.3) is 11.1 Å². The third-order valence-corrected chi connectivity index (χ3v) is 5.89. The predicted octanol–water partition coefficient (Wildman–Crippen LogP) is 3.84. The van der Waals surface area contributed by atoms with Gasteiger partial charge in [0.2, 0.25) is 0 Å². The molecular weight excluding hydrogens is 322 g/mol. The molecule has 0 atom stereocenters. The number of piperidine rings is 3. The second-order valence-corrected chi connectivity index (χ2v) is 7.36. The molecule has 3 aliphatic heterocycles. The smallest absolute Gasteiger partial charge is 0.412 e. The summed E-state index contributed by atoms with van der Waals surface area (Å²) in [6, 6.07) is 9.94. The Bertz CT molecular complexity index is 694. The molecular formula is C18H21N3O2S. The summed E-state index contributed by atoms with van der Waals surface area (Å²) >= 11 is 1.33. The van der Waals surface area contributed by atoms with Crippen molar-refractivity contribution in [2.24, 2.45) is 5.41 Å². The van der Waals surface area contributed by atoms with Crippen LogP contribution in [0.15, 0.2) is 35.7 Å². The van der Waals surface area contributed by atoms with Gasteiger partial charge in [0.25, 0.3) is 0 Å². The van der Waals surface area contributed by atoms with Crippen LogP contribution in [0.1, 0.15) is 19.3 Å². The maximum Gasteiger partial charge on any atom is 0.412 e. The topological polar surface area (TPSA) is 54.5 Å². The number of ether oxygens (including phenoxy) is 1. The summed E-state index contributed by atoms with van der Waals surface area (Å²) in [6.07, 6.45) is 2.99. The summed E-state index contributed by atoms with van der Waals surface area (Å²) < 4.78 is 9.86. The molecule has 1 N–H and O–H groups in total. The fraction of sp³-hybridized carbons (Fsp3) is 0.444. The van der Waals surface area contributed by atoms with E-state index in [0.29, 0.717) is 12.4 Å². The second kappa shape index (κ2) is 6.53. The van der Waals surface area contributed by atoms with Crippen LogP contribution in [0.2, 0.25) is 0 Å². The highest BCUT2D eigenvalue weighted by atomic mass is 32.1. The highest BCUT2D eigenvalue weighted by Gasteiger charge is 2.40. The molecule has 126 valence electrons. The lowest BCUT2D eigenvalue weighted by molar-refractivity contribution is -0.0190. The average molecular weight is 343 g/mol. The highest BCUT2D eigenvalue weighted by Crippen LogP contribution is 2.40. The van der Waals surface area contributed by atoms with Crippen LogP contribution in [0.4, 0.5) is 10.6 Å². The van der Waals surface area contributed by atoms with E-state index in [9.17, 15) is 4.79 Å². The van der Waals surface area contributed by atoms with Gasteiger partial charge in [-0.15, -0.1) is 0 Å². The Morgan fingerprint density at radius 2 is 1.92 bits per heavy atom. The Morgan fingerprint density at radius 1 is 1.21 bits per heavy atom. The van der Waals surface area contributed by atoms with Gasteiger partial charge in [0.05, 0.1) is 6.61 Å². The van der Waals surface area contributed by atoms with Crippen molar-refractivity contribution in [3.05, 3.63) is 35.7 Å². The highest BCUT2D eigenvalue weighted by molar-refractivity contribution is 7.04. The molecule has 0 saturated carbocycles. The molecule has 24 heavy (non-hydrogen) atoms. The molecule has 1 aromatic carbocycles. The van der Waals surface area contributed by atoms with Crippen molar-refractivity contribution in [2.75, 3.05) is 31.6 Å². The van der Waals surface area contributed by atoms with Crippen LogP contribution in [-0.4, -0.2) is 41.6 Å². The molecule has 5 rings (SSSR count). The number of amides is 1. The number of nitrogens with one attached hydrogen (secondary N) is 1. The second-order valence-electron chi connectivity index (χ2n) is 6.74. The van der Waals surface area contributed by atoms with Gasteiger partial charge in [0.15, 0.2) is 5.82 Å². The van der Waals surface area contributed by atoms with Gasteiger partial charge in [-0.3, -0.25) is 5.32 Å². The zero-order valence-electron chi connectivity index (χ0n) is 13.5. The quantitative estimate of drug-likeness (QED) is 0.916. The minimum Gasteiger partial charge on any atom is -0.449 e. The molecule has 5 nitrogen and oxygen atoms in total. The van der Waals surface area contributed by atoms with Crippen LogP contribution in [0.5, 0.6) is 0 Å². The van der Waals surface area contributed by atoms with Gasteiger partial charge in [-0.2, -0.15) is 4.37 Å². The molecule has 2 bridgehead atoms. The molecule has 0 radical (unpaired) electrons. The maximum absolute atomic E-state index is 12.2. The number of hydrogen-bond donors (Lipinski definition) is 1. The minimum absolute atomic E-state index is 0.191. The minimum atomic E-state index is -0.402. The van der Waals surface area contributed by atoms with E-state index in [1.807, 2.05) is 35.7 Å². The largest absolute Gasteiger partial charge is 0.449 e. The number of rotatable bonds is 4. The summed E-state index contributed by atoms with van der Waals surface area (Å²) in [5, 5.41) is 4.76. The van der Waals surface area contributed by atoms with Crippen molar-refractivity contribution in [3.8, 4) is 11.1 Å². The van der Waals surface area contributed by atoms with Crippen LogP contribution < -0.4 is 5.32 Å². The van der Waals surface area contributed by atoms with E-state index in [0.717, 1.165) is 50.0 Å². The first-order valence-electron chi connectivity index (χ1n) is 8.40. The van der Waals surface area contributed by atoms with E-state index >= 15 is 0 Å². The van der Waals surface area contributed by atoms with E-state index in [-0.39, 0.29) is 5.41 Å². The Morgan fingerprint density at radius 3 is 2.62 bits per heavy atom. The van der Waals surface area contributed by atoms with Crippen molar-refractivity contribution in [2.45, 2.75) is 19.3 Å². The zero-order valence-corrected chi connectivity index (χ0v) is 14.3. The van der Waals surface area contributed by atoms with Gasteiger partial charge in [-0.05, 0) is 56.0 Å². The number of benzene rings is 1. The molecule has 0 aliphatic carbocycles. The van der Waals surface area contributed by atoms with Crippen LogP contribution >= 0.6 is 11.5 Å². The molecule has 1 aromatic heterocycles. The Hall–Kier alpha value is -1.92. The standard InChI is InChI=1S/C18H21N3O2S/c22-17(23-13-18-6-9-21(10-7-18)11-8-18)19-16-15(12-24-20-16)14-4-2-1-3-5-14/h1-5,12H,6-11,13H2,(H,19,20,22). The number of carbonyl (C=O) groups is 1. The molecule has 1 amide bonds. The first-order valence-corrected chi connectivity index (χ1v) is 9.24. The van der Waals surface area contributed by atoms with Crippen molar-refractivity contribution in [1.29, 1.82) is 0 Å². The number of carbonyl (C=O) groups excluding carboxylic acids is 1. The zero-order chi connectivity index (χ0) is 16.4. The lowest BCUT2D eigenvalue weighted by atomic mass is 9.73. The molecule has 3 fully saturated rings. The van der Waals surface area contributed by atoms with Crippen molar-refractivity contribution in [1.82, 2.24) is 9.27 Å². The summed E-state index contributed by atoms with van der Waals surface area (Å²) in [5.74, 6) is 0.576. The van der Waals surface area contributed by atoms with Crippen molar-refractivity contribution < 1.29 is 9.53 Å². The van der Waals surface area contributed by atoms with E-state index in [1.54, 1.807) is 0 Å². The van der Waals surface area contributed by atoms with Crippen molar-refractivity contribution >= 4 is 23.4 Å². The summed E-state index contributed by atoms with van der Waals surface area (Å²) in [7, 11) is 0. The molecule has 0 unspecified atom stereocenters. The fourth-order valence-corrected chi connectivity index (χ4v) is 4.27. The maximum atomic E-state index is 12.2. The third kappa shape index (κ3) is 3.16. The summed E-state index contributed by atoms with van der Waals surface area (Å²) in [5.41, 5.74) is 2.16. The van der Waals surface area contributed by atoms with E-state index in [2.05, 4.69) is 14.6 Å². The van der Waals surface area contributed by atoms with Gasteiger partial charge in [-0.1, -0.05) is 30.3 Å². The number of aromatic nitrogens is 1. The number of fused-ring (bicyclic) bond motifs is 3. The normalized spacial score (nSPS) is 25.4. The molecule has 6 heteroatoms. The molecule has 2 aromatic rings. The van der Waals surface area contributed by atoms with Crippen LogP contribution in [0.3, 0.4) is 0 Å². The van der Waals surface area contributed by atoms with Gasteiger partial charge < -0.3 is 9.64 Å². The van der Waals surface area contributed by atoms with Gasteiger partial charge in [-0.25, -0.2) is 4.79 Å². The Balaban J connectivity index is 1.38. The first-order chi connectivity index (χ1) is 11.7. The van der Waals surface area contributed by atoms with Crippen molar-refractivity contribution in [3.63, 3.8) is 0 Å². The fourth-order valence-electron chi connectivity index (χ4n) is 3.61. The lowest BCUT2D eigenvalue weighted by Crippen LogP contribution is -2.50. The molecule has 4 heterocycles. The molecule has 3 saturated heterocycles. The average Bonchev–Trinajstić information content (AvgIpc) is 3.10. The van der Waals surface area contributed by atoms with E-state index in [1.165, 1.54) is 11.5 Å². The summed E-state index contributed by atoms with van der Waals surface area (Å²) in [4.78, 5) is 14.7. The monoisotopic (exact) mass is 343 g/mol. The summed E-state index contributed by atoms with van der Waals surface area (Å²) in [6.45, 7) is 3.91. The first kappa shape index (κ1) is 15.6. The van der Waals surface area contributed by atoms with Crippen LogP contribution in [0, 0.1) is 5.41 Å². The SMILES string of the molecule is O=C(Nc1nscc1-c1ccccc1)OCC12CCN(CC1)CC2. The molecule has 0 spiro atoms. The third-order valence-electron chi connectivity index (χ3n) is 5.26. The van der Waals surface area contributed by atoms with Gasteiger partial charge in [0, 0.05) is 16.4 Å². The van der Waals surface area contributed by atoms with E-state index in [4.69, 9.17) is 4.74 Å². The van der Waals surface area contributed by atoms with Gasteiger partial charge >= 0.3 is 6.09 Å². The Labute approximate surface area is 145 Å². The van der Waals surface area contributed by atoms with Crippen LogP contribution in [-0.2, 0) is 4.74 Å². The lowest BCUT2D eigenvalue weighted by Gasteiger charge is -2.47. The predicted molar refractivity (Wildman–Crippen MR) is 95.2 cm³/mol. The number of hydrogen-bond acceptors (Lipinski definition) is 5. The van der Waals surface area contributed by atoms with Gasteiger partial charge in [0.1, 0.15) is 0 Å². The molecule has 3 aliphatic rings. The number of anilines is 1. The number of nitrogens with zero attached hydrogens (tertiary/aromatic N) is 2. The van der Waals surface area contributed by atoms with E-state index < -0.39 is 6.09 Å².